The van der Waals surface area contributed by atoms with Gasteiger partial charge in [0.1, 0.15) is 0 Å². The third-order valence-electron chi connectivity index (χ3n) is 2.90. The van der Waals surface area contributed by atoms with Gasteiger partial charge in [-0.1, -0.05) is 35.9 Å². The lowest BCUT2D eigenvalue weighted by Gasteiger charge is -2.38. The van der Waals surface area contributed by atoms with Gasteiger partial charge in [-0.05, 0) is 25.8 Å². The van der Waals surface area contributed by atoms with Gasteiger partial charge >= 0.3 is 0 Å². The molecule has 0 saturated carbocycles. The average Bonchev–Trinajstić information content (AvgIpc) is 2.16. The SMILES string of the molecule is C=C(Br)CN1CCCC[C@@H]1[C@H](O)CC. The van der Waals surface area contributed by atoms with Gasteiger partial charge in [-0.3, -0.25) is 4.90 Å². The monoisotopic (exact) mass is 261 g/mol. The van der Waals surface area contributed by atoms with Crippen molar-refractivity contribution in [2.24, 2.45) is 0 Å². The molecule has 0 radical (unpaired) electrons. The predicted molar refractivity (Wildman–Crippen MR) is 63.6 cm³/mol. The molecule has 3 heteroatoms. The van der Waals surface area contributed by atoms with E-state index in [1.807, 2.05) is 6.92 Å². The van der Waals surface area contributed by atoms with E-state index in [4.69, 9.17) is 0 Å². The molecule has 0 aromatic carbocycles. The van der Waals surface area contributed by atoms with Crippen molar-refractivity contribution in [2.45, 2.75) is 44.8 Å². The molecule has 14 heavy (non-hydrogen) atoms. The van der Waals surface area contributed by atoms with Gasteiger partial charge in [0.15, 0.2) is 0 Å². The minimum atomic E-state index is -0.179. The van der Waals surface area contributed by atoms with Gasteiger partial charge in [0.2, 0.25) is 0 Å². The van der Waals surface area contributed by atoms with Crippen LogP contribution in [0.5, 0.6) is 0 Å². The van der Waals surface area contributed by atoms with Crippen molar-refractivity contribution < 1.29 is 5.11 Å². The molecule has 0 aromatic heterocycles. The molecule has 1 saturated heterocycles. The van der Waals surface area contributed by atoms with E-state index in [1.165, 1.54) is 12.8 Å². The molecule has 2 nitrogen and oxygen atoms in total. The minimum absolute atomic E-state index is 0.179. The summed E-state index contributed by atoms with van der Waals surface area (Å²) in [5.41, 5.74) is 0. The number of hydrogen-bond donors (Lipinski definition) is 1. The zero-order valence-electron chi connectivity index (χ0n) is 8.88. The Kier molecular flexibility index (Phi) is 5.13. The van der Waals surface area contributed by atoms with E-state index in [-0.39, 0.29) is 6.10 Å². The van der Waals surface area contributed by atoms with Crippen molar-refractivity contribution in [1.82, 2.24) is 4.90 Å². The highest BCUT2D eigenvalue weighted by atomic mass is 79.9. The van der Waals surface area contributed by atoms with Crippen LogP contribution in [0, 0.1) is 0 Å². The second kappa shape index (κ2) is 5.89. The lowest BCUT2D eigenvalue weighted by Crippen LogP contribution is -2.46. The Morgan fingerprint density at radius 1 is 1.64 bits per heavy atom. The molecule has 1 fully saturated rings. The van der Waals surface area contributed by atoms with E-state index in [0.29, 0.717) is 6.04 Å². The Hall–Kier alpha value is 0.140. The van der Waals surface area contributed by atoms with Crippen LogP contribution in [0.15, 0.2) is 11.1 Å². The highest BCUT2D eigenvalue weighted by Crippen LogP contribution is 2.22. The fraction of sp³-hybridized carbons (Fsp3) is 0.818. The zero-order chi connectivity index (χ0) is 10.6. The van der Waals surface area contributed by atoms with Crippen molar-refractivity contribution >= 4 is 15.9 Å². The second-order valence-electron chi connectivity index (χ2n) is 4.03. The maximum atomic E-state index is 9.88. The number of nitrogens with zero attached hydrogens (tertiary/aromatic N) is 1. The molecule has 2 atom stereocenters. The highest BCUT2D eigenvalue weighted by molar-refractivity contribution is 9.11. The summed E-state index contributed by atoms with van der Waals surface area (Å²) in [4.78, 5) is 2.34. The molecule has 0 unspecified atom stereocenters. The van der Waals surface area contributed by atoms with Crippen LogP contribution < -0.4 is 0 Å². The molecule has 1 heterocycles. The van der Waals surface area contributed by atoms with Crippen LogP contribution in [0.4, 0.5) is 0 Å². The maximum Gasteiger partial charge on any atom is 0.0692 e. The van der Waals surface area contributed by atoms with Crippen LogP contribution in [0.3, 0.4) is 0 Å². The van der Waals surface area contributed by atoms with E-state index in [1.54, 1.807) is 0 Å². The first-order valence-corrected chi connectivity index (χ1v) is 6.19. The summed E-state index contributed by atoms with van der Waals surface area (Å²) in [5, 5.41) is 9.88. The molecular formula is C11H20BrNO. The molecule has 0 aromatic rings. The largest absolute Gasteiger partial charge is 0.392 e. The topological polar surface area (TPSA) is 23.5 Å². The Labute approximate surface area is 95.1 Å². The lowest BCUT2D eigenvalue weighted by atomic mass is 9.96. The van der Waals surface area contributed by atoms with Crippen molar-refractivity contribution in [2.75, 3.05) is 13.1 Å². The molecule has 0 aliphatic carbocycles. The van der Waals surface area contributed by atoms with Crippen LogP contribution >= 0.6 is 15.9 Å². The molecule has 1 aliphatic heterocycles. The van der Waals surface area contributed by atoms with Crippen molar-refractivity contribution in [1.29, 1.82) is 0 Å². The number of aliphatic hydroxyl groups excluding tert-OH is 1. The standard InChI is InChI=1S/C11H20BrNO/c1-3-11(14)10-6-4-5-7-13(10)8-9(2)12/h10-11,14H,2-8H2,1H3/t10-,11-/m1/s1. The first-order valence-electron chi connectivity index (χ1n) is 5.40. The molecule has 1 aliphatic rings. The summed E-state index contributed by atoms with van der Waals surface area (Å²) >= 11 is 3.39. The van der Waals surface area contributed by atoms with E-state index in [9.17, 15) is 5.11 Å². The van der Waals surface area contributed by atoms with Gasteiger partial charge in [0, 0.05) is 17.1 Å². The quantitative estimate of drug-likeness (QED) is 0.841. The molecule has 1 rings (SSSR count). The summed E-state index contributed by atoms with van der Waals surface area (Å²) in [6.07, 6.45) is 4.27. The highest BCUT2D eigenvalue weighted by Gasteiger charge is 2.27. The number of likely N-dealkylation sites (tertiary alicyclic amines) is 1. The van der Waals surface area contributed by atoms with Crippen LogP contribution in [0.2, 0.25) is 0 Å². The first kappa shape index (κ1) is 12.2. The zero-order valence-corrected chi connectivity index (χ0v) is 10.5. The van der Waals surface area contributed by atoms with E-state index in [0.717, 1.165) is 30.4 Å². The molecule has 0 amide bonds. The van der Waals surface area contributed by atoms with Crippen molar-refractivity contribution in [3.63, 3.8) is 0 Å². The Morgan fingerprint density at radius 3 is 2.93 bits per heavy atom. The molecule has 0 spiro atoms. The average molecular weight is 262 g/mol. The molecular weight excluding hydrogens is 242 g/mol. The van der Waals surface area contributed by atoms with Gasteiger partial charge in [-0.2, -0.15) is 0 Å². The normalized spacial score (nSPS) is 26.1. The summed E-state index contributed by atoms with van der Waals surface area (Å²) < 4.78 is 1.01. The summed E-state index contributed by atoms with van der Waals surface area (Å²) in [7, 11) is 0. The van der Waals surface area contributed by atoms with Gasteiger partial charge in [0.25, 0.3) is 0 Å². The maximum absolute atomic E-state index is 9.88. The number of aliphatic hydroxyl groups is 1. The van der Waals surface area contributed by atoms with Crippen molar-refractivity contribution in [3.05, 3.63) is 11.1 Å². The molecule has 82 valence electrons. The van der Waals surface area contributed by atoms with E-state index in [2.05, 4.69) is 27.4 Å². The van der Waals surface area contributed by atoms with Crippen LogP contribution in [-0.2, 0) is 0 Å². The summed E-state index contributed by atoms with van der Waals surface area (Å²) in [6, 6.07) is 0.336. The Balaban J connectivity index is 2.54. The summed E-state index contributed by atoms with van der Waals surface area (Å²) in [6.45, 7) is 7.86. The first-order chi connectivity index (χ1) is 6.65. The fourth-order valence-electron chi connectivity index (χ4n) is 2.14. The fourth-order valence-corrected chi connectivity index (χ4v) is 2.46. The number of piperidine rings is 1. The van der Waals surface area contributed by atoms with Gasteiger partial charge in [-0.25, -0.2) is 0 Å². The third-order valence-corrected chi connectivity index (χ3v) is 3.15. The third kappa shape index (κ3) is 3.37. The molecule has 0 bridgehead atoms. The number of rotatable bonds is 4. The Bertz CT molecular complexity index is 196. The second-order valence-corrected chi connectivity index (χ2v) is 5.15. The predicted octanol–water partition coefficient (Wildman–Crippen LogP) is 2.52. The van der Waals surface area contributed by atoms with Crippen LogP contribution in [-0.4, -0.2) is 35.2 Å². The summed E-state index contributed by atoms with van der Waals surface area (Å²) in [5.74, 6) is 0. The van der Waals surface area contributed by atoms with Crippen LogP contribution in [0.25, 0.3) is 0 Å². The van der Waals surface area contributed by atoms with Gasteiger partial charge in [-0.15, -0.1) is 0 Å². The number of hydrogen-bond acceptors (Lipinski definition) is 2. The van der Waals surface area contributed by atoms with E-state index >= 15 is 0 Å². The smallest absolute Gasteiger partial charge is 0.0692 e. The van der Waals surface area contributed by atoms with E-state index < -0.39 is 0 Å². The lowest BCUT2D eigenvalue weighted by molar-refractivity contribution is 0.0303. The Morgan fingerprint density at radius 2 is 2.36 bits per heavy atom. The number of halogens is 1. The molecule has 1 N–H and O–H groups in total. The van der Waals surface area contributed by atoms with Crippen LogP contribution in [0.1, 0.15) is 32.6 Å². The van der Waals surface area contributed by atoms with Crippen molar-refractivity contribution in [3.8, 4) is 0 Å². The minimum Gasteiger partial charge on any atom is -0.392 e. The van der Waals surface area contributed by atoms with Gasteiger partial charge < -0.3 is 5.11 Å². The van der Waals surface area contributed by atoms with Gasteiger partial charge in [0.05, 0.1) is 6.10 Å².